The molecule has 11 heteroatoms. The highest BCUT2D eigenvalue weighted by Crippen LogP contribution is 2.33. The third kappa shape index (κ3) is 5.80. The molecule has 3 aromatic heterocycles. The van der Waals surface area contributed by atoms with Crippen LogP contribution in [0.5, 0.6) is 0 Å². The summed E-state index contributed by atoms with van der Waals surface area (Å²) in [5.41, 5.74) is 0.0917. The van der Waals surface area contributed by atoms with Crippen LogP contribution in [0.25, 0.3) is 15.2 Å². The van der Waals surface area contributed by atoms with Gasteiger partial charge in [-0.25, -0.2) is 9.36 Å². The minimum atomic E-state index is -1.38. The van der Waals surface area contributed by atoms with Crippen LogP contribution in [-0.2, 0) is 28.0 Å². The van der Waals surface area contributed by atoms with E-state index in [1.807, 2.05) is 45.0 Å². The standard InChI is InChI=1S/C30H36N6O4S/c1-7-21-11-8-9-12-22(21)23(40-16-10-13-31)18-34-28-25(20(4)27(41-28)36-32-14-15-33-36)26(38)35(29(34)39)30(5,6)24(37)17-19(2)3/h8-9,11-12,14-15,19,23H,7,10,16-18H2,1-6H3/t23-/m0/s1. The summed E-state index contributed by atoms with van der Waals surface area (Å²) < 4.78 is 8.85. The quantitative estimate of drug-likeness (QED) is 0.224. The molecule has 0 spiro atoms. The van der Waals surface area contributed by atoms with Gasteiger partial charge in [-0.05, 0) is 44.2 Å². The lowest BCUT2D eigenvalue weighted by Gasteiger charge is -2.28. The largest absolute Gasteiger partial charge is 0.371 e. The second kappa shape index (κ2) is 12.3. The molecular formula is C30H36N6O4S. The van der Waals surface area contributed by atoms with Gasteiger partial charge in [-0.15, -0.1) is 4.80 Å². The first-order chi connectivity index (χ1) is 19.5. The number of ketones is 1. The van der Waals surface area contributed by atoms with Crippen molar-refractivity contribution >= 4 is 27.3 Å². The van der Waals surface area contributed by atoms with Crippen LogP contribution in [0.15, 0.2) is 46.2 Å². The van der Waals surface area contributed by atoms with Crippen LogP contribution >= 0.6 is 11.3 Å². The van der Waals surface area contributed by atoms with Crippen molar-refractivity contribution in [3.05, 3.63) is 74.2 Å². The van der Waals surface area contributed by atoms with Crippen molar-refractivity contribution in [3.63, 3.8) is 0 Å². The van der Waals surface area contributed by atoms with Gasteiger partial charge in [-0.3, -0.25) is 14.2 Å². The number of benzene rings is 1. The summed E-state index contributed by atoms with van der Waals surface area (Å²) in [5, 5.41) is 18.6. The molecule has 10 nitrogen and oxygen atoms in total. The molecule has 4 aromatic rings. The Balaban J connectivity index is 2.01. The predicted molar refractivity (Wildman–Crippen MR) is 159 cm³/mol. The zero-order valence-corrected chi connectivity index (χ0v) is 25.2. The topological polar surface area (TPSA) is 125 Å². The second-order valence-corrected chi connectivity index (χ2v) is 11.9. The summed E-state index contributed by atoms with van der Waals surface area (Å²) >= 11 is 1.25. The number of aromatic nitrogens is 5. The molecule has 1 atom stereocenters. The van der Waals surface area contributed by atoms with Crippen molar-refractivity contribution in [2.45, 2.75) is 79.0 Å². The fourth-order valence-electron chi connectivity index (χ4n) is 5.07. The summed E-state index contributed by atoms with van der Waals surface area (Å²) in [6, 6.07) is 9.95. The summed E-state index contributed by atoms with van der Waals surface area (Å²) in [5.74, 6) is -0.134. The normalized spacial score (nSPS) is 12.6. The first kappa shape index (κ1) is 30.1. The van der Waals surface area contributed by atoms with E-state index in [9.17, 15) is 14.4 Å². The maximum absolute atomic E-state index is 14.3. The van der Waals surface area contributed by atoms with Crippen molar-refractivity contribution in [1.82, 2.24) is 24.1 Å². The molecule has 3 heterocycles. The first-order valence-corrected chi connectivity index (χ1v) is 14.6. The molecule has 0 radical (unpaired) electrons. The van der Waals surface area contributed by atoms with E-state index in [1.54, 1.807) is 33.2 Å². The molecule has 0 aliphatic heterocycles. The Bertz CT molecular complexity index is 1710. The number of rotatable bonds is 12. The van der Waals surface area contributed by atoms with Crippen molar-refractivity contribution < 1.29 is 9.53 Å². The third-order valence-electron chi connectivity index (χ3n) is 7.29. The highest BCUT2D eigenvalue weighted by Gasteiger charge is 2.36. The molecule has 0 aliphatic carbocycles. The average Bonchev–Trinajstić information content (AvgIpc) is 3.58. The number of nitrogens with zero attached hydrogens (tertiary/aromatic N) is 6. The molecule has 0 saturated heterocycles. The smallest absolute Gasteiger partial charge is 0.333 e. The van der Waals surface area contributed by atoms with Gasteiger partial charge in [0, 0.05) is 12.0 Å². The van der Waals surface area contributed by atoms with Crippen molar-refractivity contribution in [3.8, 4) is 11.1 Å². The highest BCUT2D eigenvalue weighted by molar-refractivity contribution is 7.21. The maximum atomic E-state index is 14.3. The molecule has 0 unspecified atom stereocenters. The van der Waals surface area contributed by atoms with Gasteiger partial charge < -0.3 is 4.74 Å². The first-order valence-electron chi connectivity index (χ1n) is 13.8. The van der Waals surface area contributed by atoms with E-state index in [4.69, 9.17) is 10.00 Å². The number of fused-ring (bicyclic) bond motifs is 1. The Labute approximate surface area is 242 Å². The van der Waals surface area contributed by atoms with Gasteiger partial charge in [-0.2, -0.15) is 15.5 Å². The molecule has 0 saturated carbocycles. The molecule has 0 bridgehead atoms. The fourth-order valence-corrected chi connectivity index (χ4v) is 6.29. The van der Waals surface area contributed by atoms with Gasteiger partial charge in [0.05, 0.1) is 43.4 Å². The lowest BCUT2D eigenvalue weighted by atomic mass is 9.91. The summed E-state index contributed by atoms with van der Waals surface area (Å²) in [6.45, 7) is 11.2. The lowest BCUT2D eigenvalue weighted by Crippen LogP contribution is -2.53. The molecule has 4 rings (SSSR count). The van der Waals surface area contributed by atoms with E-state index < -0.39 is 22.9 Å². The number of hydrogen-bond acceptors (Lipinski definition) is 8. The number of carbonyl (C=O) groups excluding carboxylic acids is 1. The molecule has 216 valence electrons. The van der Waals surface area contributed by atoms with Crippen LogP contribution in [0.3, 0.4) is 0 Å². The summed E-state index contributed by atoms with van der Waals surface area (Å²) in [7, 11) is 0. The monoisotopic (exact) mass is 576 g/mol. The second-order valence-electron chi connectivity index (χ2n) is 11.0. The van der Waals surface area contributed by atoms with Crippen molar-refractivity contribution in [2.75, 3.05) is 6.61 Å². The molecule has 41 heavy (non-hydrogen) atoms. The van der Waals surface area contributed by atoms with Gasteiger partial charge in [0.1, 0.15) is 21.5 Å². The van der Waals surface area contributed by atoms with Crippen molar-refractivity contribution in [2.24, 2.45) is 5.92 Å². The SMILES string of the molecule is CCc1ccccc1[C@H](Cn1c(=O)n(C(C)(C)C(=O)CC(C)C)c(=O)c2c(C)c(-n3nccn3)sc21)OCCC#N. The lowest BCUT2D eigenvalue weighted by molar-refractivity contribution is -0.127. The maximum Gasteiger partial charge on any atom is 0.333 e. The minimum Gasteiger partial charge on any atom is -0.371 e. The highest BCUT2D eigenvalue weighted by atomic mass is 32.1. The van der Waals surface area contributed by atoms with Crippen LogP contribution < -0.4 is 11.2 Å². The van der Waals surface area contributed by atoms with Gasteiger partial charge in [-0.1, -0.05) is 56.4 Å². The number of ether oxygens (including phenoxy) is 1. The number of hydrogen-bond donors (Lipinski definition) is 0. The summed E-state index contributed by atoms with van der Waals surface area (Å²) in [4.78, 5) is 43.7. The Morgan fingerprint density at radius 2 is 1.85 bits per heavy atom. The van der Waals surface area contributed by atoms with E-state index >= 15 is 0 Å². The number of Topliss-reactive ketones (excluding diaryl/α,β-unsaturated/α-hetero) is 1. The third-order valence-corrected chi connectivity index (χ3v) is 8.57. The van der Waals surface area contributed by atoms with Crippen molar-refractivity contribution in [1.29, 1.82) is 5.26 Å². The zero-order valence-electron chi connectivity index (χ0n) is 24.4. The van der Waals surface area contributed by atoms with E-state index in [0.717, 1.165) is 22.1 Å². The predicted octanol–water partition coefficient (Wildman–Crippen LogP) is 4.70. The molecule has 0 aliphatic rings. The molecular weight excluding hydrogens is 540 g/mol. The van der Waals surface area contributed by atoms with Crippen LogP contribution in [0.1, 0.15) is 70.3 Å². The summed E-state index contributed by atoms with van der Waals surface area (Å²) in [6.07, 6.45) is 3.69. The van der Waals surface area contributed by atoms with E-state index in [0.29, 0.717) is 20.8 Å². The Morgan fingerprint density at radius 1 is 1.17 bits per heavy atom. The van der Waals surface area contributed by atoms with Gasteiger partial charge in [0.2, 0.25) is 0 Å². The van der Waals surface area contributed by atoms with Crippen LogP contribution in [0.4, 0.5) is 0 Å². The van der Waals surface area contributed by atoms with Crippen LogP contribution in [0, 0.1) is 24.2 Å². The van der Waals surface area contributed by atoms with Crippen LogP contribution in [0.2, 0.25) is 0 Å². The van der Waals surface area contributed by atoms with E-state index in [2.05, 4.69) is 16.3 Å². The molecule has 0 amide bonds. The van der Waals surface area contributed by atoms with E-state index in [-0.39, 0.29) is 37.7 Å². The van der Waals surface area contributed by atoms with E-state index in [1.165, 1.54) is 20.7 Å². The molecule has 0 fully saturated rings. The average molecular weight is 577 g/mol. The Morgan fingerprint density at radius 3 is 2.49 bits per heavy atom. The van der Waals surface area contributed by atoms with Gasteiger partial charge >= 0.3 is 5.69 Å². The molecule has 1 aromatic carbocycles. The van der Waals surface area contributed by atoms with Crippen LogP contribution in [-0.4, -0.2) is 36.5 Å². The Hall–Kier alpha value is -3.88. The number of carbonyl (C=O) groups is 1. The van der Waals surface area contributed by atoms with Gasteiger partial charge in [0.25, 0.3) is 5.56 Å². The minimum absolute atomic E-state index is 0.0623. The van der Waals surface area contributed by atoms with Gasteiger partial charge in [0.15, 0.2) is 5.78 Å². The Kier molecular flexibility index (Phi) is 9.05. The zero-order chi connectivity index (χ0) is 29.9. The number of aryl methyl sites for hydroxylation is 2. The number of thiophene rings is 1. The number of nitriles is 1. The fraction of sp³-hybridized carbons (Fsp3) is 0.467. The molecule has 0 N–H and O–H groups in total.